The van der Waals surface area contributed by atoms with Crippen LogP contribution in [0.1, 0.15) is 29.9 Å². The van der Waals surface area contributed by atoms with Crippen molar-refractivity contribution >= 4 is 0 Å². The third-order valence-corrected chi connectivity index (χ3v) is 2.89. The quantitative estimate of drug-likeness (QED) is 0.837. The van der Waals surface area contributed by atoms with Gasteiger partial charge in [0, 0.05) is 30.5 Å². The molecule has 0 spiro atoms. The van der Waals surface area contributed by atoms with Crippen molar-refractivity contribution in [1.82, 2.24) is 19.3 Å². The van der Waals surface area contributed by atoms with Crippen LogP contribution in [0.2, 0.25) is 0 Å². The van der Waals surface area contributed by atoms with E-state index in [9.17, 15) is 0 Å². The third-order valence-electron chi connectivity index (χ3n) is 2.89. The smallest absolute Gasteiger partial charge is 0.0951 e. The summed E-state index contributed by atoms with van der Waals surface area (Å²) < 4.78 is 3.94. The van der Waals surface area contributed by atoms with Crippen LogP contribution in [-0.2, 0) is 13.6 Å². The van der Waals surface area contributed by atoms with E-state index in [2.05, 4.69) is 21.6 Å². The Bertz CT molecular complexity index is 480. The van der Waals surface area contributed by atoms with Crippen molar-refractivity contribution in [1.29, 1.82) is 0 Å². The van der Waals surface area contributed by atoms with Crippen molar-refractivity contribution in [3.05, 3.63) is 35.7 Å². The molecule has 0 saturated heterocycles. The Hall–Kier alpha value is -1.62. The highest BCUT2D eigenvalue weighted by Gasteiger charge is 2.09. The van der Waals surface area contributed by atoms with Crippen molar-refractivity contribution in [2.75, 3.05) is 0 Å². The molecule has 0 aromatic carbocycles. The standard InChI is InChI=1S/C11H17N5/c1-8(12)11-5-13-7-16(11)6-10-4-14-15(3)9(10)2/h4-5,7-8H,6,12H2,1-3H3/t8-/m0/s1. The molecule has 0 radical (unpaired) electrons. The number of hydrogen-bond donors (Lipinski definition) is 1. The molecule has 0 saturated carbocycles. The first-order chi connectivity index (χ1) is 7.59. The number of aryl methyl sites for hydroxylation is 1. The lowest BCUT2D eigenvalue weighted by Crippen LogP contribution is -2.12. The summed E-state index contributed by atoms with van der Waals surface area (Å²) in [6.07, 6.45) is 5.52. The van der Waals surface area contributed by atoms with Crippen LogP contribution in [0.3, 0.4) is 0 Å². The predicted molar refractivity (Wildman–Crippen MR) is 61.9 cm³/mol. The molecule has 86 valence electrons. The Kier molecular flexibility index (Phi) is 2.78. The van der Waals surface area contributed by atoms with Gasteiger partial charge >= 0.3 is 0 Å². The Morgan fingerprint density at radius 1 is 1.44 bits per heavy atom. The first-order valence-corrected chi connectivity index (χ1v) is 5.32. The Balaban J connectivity index is 2.27. The van der Waals surface area contributed by atoms with Crippen LogP contribution in [0, 0.1) is 6.92 Å². The average Bonchev–Trinajstić information content (AvgIpc) is 2.80. The van der Waals surface area contributed by atoms with Crippen LogP contribution in [-0.4, -0.2) is 19.3 Å². The summed E-state index contributed by atoms with van der Waals surface area (Å²) in [5, 5.41) is 4.22. The van der Waals surface area contributed by atoms with Gasteiger partial charge in [0.05, 0.1) is 24.8 Å². The van der Waals surface area contributed by atoms with Gasteiger partial charge in [0.25, 0.3) is 0 Å². The summed E-state index contributed by atoms with van der Waals surface area (Å²) in [6, 6.07) is -0.000484. The molecule has 5 nitrogen and oxygen atoms in total. The van der Waals surface area contributed by atoms with Gasteiger partial charge in [0.1, 0.15) is 0 Å². The maximum atomic E-state index is 5.87. The van der Waals surface area contributed by atoms with E-state index in [0.717, 1.165) is 12.2 Å². The van der Waals surface area contributed by atoms with E-state index in [0.29, 0.717) is 0 Å². The van der Waals surface area contributed by atoms with Crippen LogP contribution < -0.4 is 5.73 Å². The van der Waals surface area contributed by atoms with Crippen LogP contribution in [0.4, 0.5) is 0 Å². The fourth-order valence-corrected chi connectivity index (χ4v) is 1.73. The van der Waals surface area contributed by atoms with Crippen molar-refractivity contribution in [3.8, 4) is 0 Å². The highest BCUT2D eigenvalue weighted by Crippen LogP contribution is 2.13. The van der Waals surface area contributed by atoms with Gasteiger partial charge in [-0.3, -0.25) is 4.68 Å². The number of hydrogen-bond acceptors (Lipinski definition) is 3. The van der Waals surface area contributed by atoms with E-state index >= 15 is 0 Å². The van der Waals surface area contributed by atoms with Gasteiger partial charge in [-0.05, 0) is 13.8 Å². The summed E-state index contributed by atoms with van der Waals surface area (Å²) in [6.45, 7) is 4.80. The Morgan fingerprint density at radius 3 is 2.75 bits per heavy atom. The largest absolute Gasteiger partial charge is 0.329 e. The van der Waals surface area contributed by atoms with Crippen molar-refractivity contribution in [2.45, 2.75) is 26.4 Å². The molecule has 0 aliphatic carbocycles. The zero-order valence-electron chi connectivity index (χ0n) is 9.88. The number of rotatable bonds is 3. The lowest BCUT2D eigenvalue weighted by molar-refractivity contribution is 0.670. The molecule has 2 heterocycles. The summed E-state index contributed by atoms with van der Waals surface area (Å²) in [7, 11) is 1.94. The molecule has 0 amide bonds. The molecule has 2 rings (SSSR count). The molecule has 2 aromatic heterocycles. The van der Waals surface area contributed by atoms with Gasteiger partial charge in [-0.25, -0.2) is 4.98 Å². The summed E-state index contributed by atoms with van der Waals surface area (Å²) in [5.74, 6) is 0. The maximum absolute atomic E-state index is 5.87. The first kappa shape index (κ1) is 10.9. The van der Waals surface area contributed by atoms with E-state index < -0.39 is 0 Å². The Morgan fingerprint density at radius 2 is 2.19 bits per heavy atom. The summed E-state index contributed by atoms with van der Waals surface area (Å²) in [5.41, 5.74) is 9.29. The highest BCUT2D eigenvalue weighted by atomic mass is 15.3. The SMILES string of the molecule is Cc1c(Cn2cncc2[C@H](C)N)cnn1C. The highest BCUT2D eigenvalue weighted by molar-refractivity contribution is 5.18. The van der Waals surface area contributed by atoms with E-state index in [1.54, 1.807) is 0 Å². The van der Waals surface area contributed by atoms with E-state index in [-0.39, 0.29) is 6.04 Å². The second-order valence-electron chi connectivity index (χ2n) is 4.11. The van der Waals surface area contributed by atoms with Gasteiger partial charge in [0.2, 0.25) is 0 Å². The molecule has 2 N–H and O–H groups in total. The number of nitrogens with two attached hydrogens (primary N) is 1. The second kappa shape index (κ2) is 4.09. The zero-order chi connectivity index (χ0) is 11.7. The molecular weight excluding hydrogens is 202 g/mol. The molecule has 5 heteroatoms. The van der Waals surface area contributed by atoms with Crippen LogP contribution >= 0.6 is 0 Å². The molecule has 1 atom stereocenters. The second-order valence-corrected chi connectivity index (χ2v) is 4.11. The van der Waals surface area contributed by atoms with Gasteiger partial charge in [-0.2, -0.15) is 5.10 Å². The molecule has 0 bridgehead atoms. The van der Waals surface area contributed by atoms with Crippen molar-refractivity contribution in [3.63, 3.8) is 0 Å². The van der Waals surface area contributed by atoms with Crippen LogP contribution in [0.15, 0.2) is 18.7 Å². The van der Waals surface area contributed by atoms with E-state index in [4.69, 9.17) is 5.73 Å². The van der Waals surface area contributed by atoms with E-state index in [1.165, 1.54) is 11.3 Å². The number of imidazole rings is 1. The fraction of sp³-hybridized carbons (Fsp3) is 0.455. The van der Waals surface area contributed by atoms with Gasteiger partial charge in [-0.1, -0.05) is 0 Å². The lowest BCUT2D eigenvalue weighted by atomic mass is 10.2. The minimum atomic E-state index is -0.000484. The minimum absolute atomic E-state index is 0.000484. The summed E-state index contributed by atoms with van der Waals surface area (Å²) in [4.78, 5) is 4.13. The van der Waals surface area contributed by atoms with Crippen LogP contribution in [0.5, 0.6) is 0 Å². The maximum Gasteiger partial charge on any atom is 0.0951 e. The first-order valence-electron chi connectivity index (χ1n) is 5.32. The van der Waals surface area contributed by atoms with Crippen molar-refractivity contribution < 1.29 is 0 Å². The van der Waals surface area contributed by atoms with Gasteiger partial charge in [-0.15, -0.1) is 0 Å². The fourth-order valence-electron chi connectivity index (χ4n) is 1.73. The van der Waals surface area contributed by atoms with Crippen molar-refractivity contribution in [2.24, 2.45) is 12.8 Å². The summed E-state index contributed by atoms with van der Waals surface area (Å²) >= 11 is 0. The topological polar surface area (TPSA) is 61.7 Å². The lowest BCUT2D eigenvalue weighted by Gasteiger charge is -2.10. The third kappa shape index (κ3) is 1.86. The Labute approximate surface area is 94.9 Å². The molecule has 0 fully saturated rings. The van der Waals surface area contributed by atoms with Gasteiger partial charge in [0.15, 0.2) is 0 Å². The zero-order valence-corrected chi connectivity index (χ0v) is 9.88. The molecule has 0 aliphatic rings. The normalized spacial score (nSPS) is 13.0. The molecule has 0 aliphatic heterocycles. The minimum Gasteiger partial charge on any atom is -0.329 e. The van der Waals surface area contributed by atoms with Gasteiger partial charge < -0.3 is 10.3 Å². The van der Waals surface area contributed by atoms with E-state index in [1.807, 2.05) is 37.4 Å². The predicted octanol–water partition coefficient (Wildman–Crippen LogP) is 0.993. The average molecular weight is 219 g/mol. The number of nitrogens with zero attached hydrogens (tertiary/aromatic N) is 4. The monoisotopic (exact) mass is 219 g/mol. The molecular formula is C11H17N5. The molecule has 2 aromatic rings. The number of aromatic nitrogens is 4. The molecule has 0 unspecified atom stereocenters. The molecule has 16 heavy (non-hydrogen) atoms. The van der Waals surface area contributed by atoms with Crippen LogP contribution in [0.25, 0.3) is 0 Å².